The van der Waals surface area contributed by atoms with Crippen LogP contribution in [0.1, 0.15) is 43.0 Å². The maximum atomic E-state index is 12.3. The number of hydrogen-bond donors (Lipinski definition) is 2. The molecule has 1 aromatic carbocycles. The summed E-state index contributed by atoms with van der Waals surface area (Å²) in [6, 6.07) is 3.70. The molecule has 1 aliphatic rings. The lowest BCUT2D eigenvalue weighted by Crippen LogP contribution is -2.40. The van der Waals surface area contributed by atoms with Gasteiger partial charge in [0.2, 0.25) is 10.0 Å². The Morgan fingerprint density at radius 2 is 1.92 bits per heavy atom. The molecule has 0 aliphatic heterocycles. The highest BCUT2D eigenvalue weighted by Crippen LogP contribution is 2.23. The van der Waals surface area contributed by atoms with Gasteiger partial charge >= 0.3 is 5.97 Å². The number of nitrogens with one attached hydrogen (secondary N) is 1. The third-order valence-corrected chi connectivity index (χ3v) is 4.98. The molecule has 0 radical (unpaired) electrons. The number of ether oxygens (including phenoxy) is 2. The Morgan fingerprint density at radius 1 is 1.28 bits per heavy atom. The second kappa shape index (κ2) is 7.83. The summed E-state index contributed by atoms with van der Waals surface area (Å²) in [6.45, 7) is 1.46. The highest BCUT2D eigenvalue weighted by molar-refractivity contribution is 7.89. The molecule has 0 spiro atoms. The van der Waals surface area contributed by atoms with Crippen molar-refractivity contribution in [3.8, 4) is 5.75 Å². The molecule has 0 saturated heterocycles. The molecule has 1 saturated carbocycles. The largest absolute Gasteiger partial charge is 0.496 e. The summed E-state index contributed by atoms with van der Waals surface area (Å²) in [5.74, 6) is -1.13. The molecule has 0 unspecified atom stereocenters. The molecule has 1 aliphatic carbocycles. The standard InChI is InChI=1S/C16H22N2O6S/c1-10(15(19)18-11-5-3-4-6-11)24-16(20)13-9-12(25(17,21)22)7-8-14(13)23-2/h7-11H,3-6H2,1-2H3,(H,18,19)(H2,17,21,22)/t10-/m0/s1. The average Bonchev–Trinajstić information content (AvgIpc) is 3.06. The highest BCUT2D eigenvalue weighted by atomic mass is 32.2. The van der Waals surface area contributed by atoms with Crippen LogP contribution in [0.3, 0.4) is 0 Å². The first-order valence-electron chi connectivity index (χ1n) is 7.94. The molecule has 0 bridgehead atoms. The molecule has 1 amide bonds. The van der Waals surface area contributed by atoms with Gasteiger partial charge in [-0.1, -0.05) is 12.8 Å². The molecule has 1 atom stereocenters. The Labute approximate surface area is 146 Å². The van der Waals surface area contributed by atoms with E-state index < -0.39 is 22.1 Å². The molecule has 138 valence electrons. The van der Waals surface area contributed by atoms with E-state index in [4.69, 9.17) is 14.6 Å². The Hall–Kier alpha value is -2.13. The molecule has 25 heavy (non-hydrogen) atoms. The zero-order chi connectivity index (χ0) is 18.6. The Balaban J connectivity index is 2.12. The van der Waals surface area contributed by atoms with Gasteiger partial charge in [0, 0.05) is 6.04 Å². The van der Waals surface area contributed by atoms with E-state index in [-0.39, 0.29) is 28.2 Å². The maximum Gasteiger partial charge on any atom is 0.342 e. The Morgan fingerprint density at radius 3 is 2.48 bits per heavy atom. The summed E-state index contributed by atoms with van der Waals surface area (Å²) < 4.78 is 33.1. The third kappa shape index (κ3) is 4.93. The van der Waals surface area contributed by atoms with Crippen molar-refractivity contribution >= 4 is 21.9 Å². The lowest BCUT2D eigenvalue weighted by atomic mass is 10.2. The highest BCUT2D eigenvalue weighted by Gasteiger charge is 2.25. The van der Waals surface area contributed by atoms with Crippen LogP contribution in [0.15, 0.2) is 23.1 Å². The zero-order valence-electron chi connectivity index (χ0n) is 14.2. The van der Waals surface area contributed by atoms with Gasteiger partial charge in [-0.2, -0.15) is 0 Å². The van der Waals surface area contributed by atoms with Crippen molar-refractivity contribution in [2.24, 2.45) is 5.14 Å². The number of primary sulfonamides is 1. The van der Waals surface area contributed by atoms with Crippen molar-refractivity contribution < 1.29 is 27.5 Å². The predicted octanol–water partition coefficient (Wildman–Crippen LogP) is 0.947. The van der Waals surface area contributed by atoms with E-state index in [2.05, 4.69) is 5.32 Å². The van der Waals surface area contributed by atoms with Crippen LogP contribution in [0.25, 0.3) is 0 Å². The predicted molar refractivity (Wildman–Crippen MR) is 89.6 cm³/mol. The molecule has 9 heteroatoms. The Bertz CT molecular complexity index is 756. The van der Waals surface area contributed by atoms with Crippen molar-refractivity contribution in [2.75, 3.05) is 7.11 Å². The minimum atomic E-state index is -3.99. The summed E-state index contributed by atoms with van der Waals surface area (Å²) in [7, 11) is -2.65. The van der Waals surface area contributed by atoms with E-state index in [0.29, 0.717) is 0 Å². The van der Waals surface area contributed by atoms with Gasteiger partial charge in [-0.15, -0.1) is 0 Å². The minimum absolute atomic E-state index is 0.105. The summed E-state index contributed by atoms with van der Waals surface area (Å²) in [4.78, 5) is 24.2. The first-order valence-corrected chi connectivity index (χ1v) is 9.49. The molecule has 1 aromatic rings. The monoisotopic (exact) mass is 370 g/mol. The van der Waals surface area contributed by atoms with Gasteiger partial charge in [0.1, 0.15) is 11.3 Å². The number of sulfonamides is 1. The first-order chi connectivity index (χ1) is 11.7. The summed E-state index contributed by atoms with van der Waals surface area (Å²) in [5, 5.41) is 7.91. The fraction of sp³-hybridized carbons (Fsp3) is 0.500. The van der Waals surface area contributed by atoms with Crippen LogP contribution in [0.4, 0.5) is 0 Å². The normalized spacial score (nSPS) is 16.3. The van der Waals surface area contributed by atoms with Crippen LogP contribution in [0.5, 0.6) is 5.75 Å². The summed E-state index contributed by atoms with van der Waals surface area (Å²) in [5.41, 5.74) is -0.116. The SMILES string of the molecule is COc1ccc(S(N)(=O)=O)cc1C(=O)O[C@@H](C)C(=O)NC1CCCC1. The van der Waals surface area contributed by atoms with Crippen molar-refractivity contribution in [1.82, 2.24) is 5.32 Å². The van der Waals surface area contributed by atoms with E-state index in [0.717, 1.165) is 31.7 Å². The number of carbonyl (C=O) groups is 2. The number of amides is 1. The molecular weight excluding hydrogens is 348 g/mol. The molecule has 2 rings (SSSR count). The average molecular weight is 370 g/mol. The van der Waals surface area contributed by atoms with Crippen molar-refractivity contribution in [1.29, 1.82) is 0 Å². The third-order valence-electron chi connectivity index (χ3n) is 4.07. The molecule has 0 aromatic heterocycles. The van der Waals surface area contributed by atoms with E-state index in [9.17, 15) is 18.0 Å². The van der Waals surface area contributed by atoms with E-state index in [1.54, 1.807) is 0 Å². The second-order valence-corrected chi connectivity index (χ2v) is 7.51. The smallest absolute Gasteiger partial charge is 0.342 e. The van der Waals surface area contributed by atoms with Gasteiger partial charge in [-0.25, -0.2) is 18.4 Å². The fourth-order valence-electron chi connectivity index (χ4n) is 2.69. The van der Waals surface area contributed by atoms with Crippen LogP contribution in [0.2, 0.25) is 0 Å². The molecular formula is C16H22N2O6S. The quantitative estimate of drug-likeness (QED) is 0.718. The number of methoxy groups -OCH3 is 1. The van der Waals surface area contributed by atoms with Gasteiger partial charge in [0.25, 0.3) is 5.91 Å². The van der Waals surface area contributed by atoms with Crippen LogP contribution in [-0.4, -0.2) is 39.5 Å². The summed E-state index contributed by atoms with van der Waals surface area (Å²) in [6.07, 6.45) is 2.94. The number of benzene rings is 1. The number of hydrogen-bond acceptors (Lipinski definition) is 6. The van der Waals surface area contributed by atoms with Crippen LogP contribution in [-0.2, 0) is 19.6 Å². The number of carbonyl (C=O) groups excluding carboxylic acids is 2. The van der Waals surface area contributed by atoms with Crippen LogP contribution >= 0.6 is 0 Å². The van der Waals surface area contributed by atoms with Gasteiger partial charge in [0.05, 0.1) is 12.0 Å². The molecule has 0 heterocycles. The lowest BCUT2D eigenvalue weighted by Gasteiger charge is -2.18. The zero-order valence-corrected chi connectivity index (χ0v) is 15.0. The molecule has 8 nitrogen and oxygen atoms in total. The topological polar surface area (TPSA) is 125 Å². The van der Waals surface area contributed by atoms with E-state index in [1.807, 2.05) is 0 Å². The lowest BCUT2D eigenvalue weighted by molar-refractivity contribution is -0.129. The first kappa shape index (κ1) is 19.2. The van der Waals surface area contributed by atoms with Crippen LogP contribution < -0.4 is 15.2 Å². The van der Waals surface area contributed by atoms with Crippen molar-refractivity contribution in [3.63, 3.8) is 0 Å². The molecule has 3 N–H and O–H groups in total. The molecule has 1 fully saturated rings. The summed E-state index contributed by atoms with van der Waals surface area (Å²) >= 11 is 0. The van der Waals surface area contributed by atoms with Gasteiger partial charge in [0.15, 0.2) is 6.10 Å². The van der Waals surface area contributed by atoms with Crippen molar-refractivity contribution in [3.05, 3.63) is 23.8 Å². The maximum absolute atomic E-state index is 12.3. The fourth-order valence-corrected chi connectivity index (χ4v) is 3.23. The second-order valence-electron chi connectivity index (χ2n) is 5.94. The van der Waals surface area contributed by atoms with Gasteiger partial charge < -0.3 is 14.8 Å². The van der Waals surface area contributed by atoms with Gasteiger partial charge in [-0.3, -0.25) is 4.79 Å². The van der Waals surface area contributed by atoms with E-state index >= 15 is 0 Å². The number of nitrogens with two attached hydrogens (primary N) is 1. The minimum Gasteiger partial charge on any atom is -0.496 e. The van der Waals surface area contributed by atoms with E-state index in [1.165, 1.54) is 26.2 Å². The van der Waals surface area contributed by atoms with Crippen LogP contribution in [0, 0.1) is 0 Å². The van der Waals surface area contributed by atoms with Crippen molar-refractivity contribution in [2.45, 2.75) is 49.6 Å². The Kier molecular flexibility index (Phi) is 6.02. The van der Waals surface area contributed by atoms with Gasteiger partial charge in [-0.05, 0) is 38.0 Å². The number of rotatable bonds is 6. The number of esters is 1.